The number of carbonyl (C=O) groups excluding carboxylic acids is 2. The molecule has 0 amide bonds. The molecule has 4 heteroatoms. The van der Waals surface area contributed by atoms with E-state index in [4.69, 9.17) is 0 Å². The van der Waals surface area contributed by atoms with Gasteiger partial charge in [0, 0.05) is 0 Å². The van der Waals surface area contributed by atoms with E-state index in [0.717, 1.165) is 5.56 Å². The van der Waals surface area contributed by atoms with Crippen LogP contribution in [0.25, 0.3) is 6.08 Å². The van der Waals surface area contributed by atoms with Crippen molar-refractivity contribution in [1.29, 1.82) is 0 Å². The summed E-state index contributed by atoms with van der Waals surface area (Å²) < 4.78 is 4.30. The standard InChI is InChI=1S/C12H10O4/c13-10-9(11(14)16-12(10)15)7-6-8-4-2-1-3-5-8/h1-7,9-10,13H. The van der Waals surface area contributed by atoms with Gasteiger partial charge in [-0.3, -0.25) is 4.79 Å². The molecule has 0 aliphatic carbocycles. The maximum atomic E-state index is 11.2. The Hall–Kier alpha value is -1.94. The summed E-state index contributed by atoms with van der Waals surface area (Å²) in [5.41, 5.74) is 0.891. The second kappa shape index (κ2) is 4.28. The highest BCUT2D eigenvalue weighted by Gasteiger charge is 2.41. The van der Waals surface area contributed by atoms with Gasteiger partial charge in [0.2, 0.25) is 0 Å². The first-order valence-corrected chi connectivity index (χ1v) is 4.85. The number of aliphatic hydroxyl groups excluding tert-OH is 1. The molecule has 1 aromatic carbocycles. The molecule has 16 heavy (non-hydrogen) atoms. The molecule has 0 aromatic heterocycles. The van der Waals surface area contributed by atoms with Crippen LogP contribution in [0.15, 0.2) is 36.4 Å². The summed E-state index contributed by atoms with van der Waals surface area (Å²) in [5.74, 6) is -2.48. The first kappa shape index (κ1) is 10.6. The number of benzene rings is 1. The molecule has 1 heterocycles. The zero-order valence-corrected chi connectivity index (χ0v) is 8.37. The minimum atomic E-state index is -1.38. The van der Waals surface area contributed by atoms with E-state index in [0.29, 0.717) is 0 Å². The molecule has 1 N–H and O–H groups in total. The maximum Gasteiger partial charge on any atom is 0.343 e. The lowest BCUT2D eigenvalue weighted by atomic mass is 10.0. The van der Waals surface area contributed by atoms with Crippen LogP contribution in [0.3, 0.4) is 0 Å². The summed E-state index contributed by atoms with van der Waals surface area (Å²) in [4.78, 5) is 22.0. The lowest BCUT2D eigenvalue weighted by molar-refractivity contribution is -0.154. The van der Waals surface area contributed by atoms with E-state index < -0.39 is 24.0 Å². The van der Waals surface area contributed by atoms with E-state index >= 15 is 0 Å². The average Bonchev–Trinajstić information content (AvgIpc) is 2.53. The zero-order chi connectivity index (χ0) is 11.5. The molecule has 82 valence electrons. The topological polar surface area (TPSA) is 63.6 Å². The van der Waals surface area contributed by atoms with Crippen LogP contribution >= 0.6 is 0 Å². The van der Waals surface area contributed by atoms with Crippen LogP contribution in [0.2, 0.25) is 0 Å². The van der Waals surface area contributed by atoms with Crippen molar-refractivity contribution < 1.29 is 19.4 Å². The van der Waals surface area contributed by atoms with E-state index in [9.17, 15) is 14.7 Å². The molecule has 1 saturated heterocycles. The smallest absolute Gasteiger partial charge is 0.343 e. The molecule has 1 aromatic rings. The third kappa shape index (κ3) is 2.01. The monoisotopic (exact) mass is 218 g/mol. The van der Waals surface area contributed by atoms with Gasteiger partial charge in [-0.05, 0) is 5.56 Å². The van der Waals surface area contributed by atoms with E-state index in [1.54, 1.807) is 6.08 Å². The van der Waals surface area contributed by atoms with Gasteiger partial charge in [0.25, 0.3) is 0 Å². The Morgan fingerprint density at radius 1 is 1.12 bits per heavy atom. The van der Waals surface area contributed by atoms with Crippen molar-refractivity contribution in [2.45, 2.75) is 6.10 Å². The Morgan fingerprint density at radius 3 is 2.38 bits per heavy atom. The molecule has 0 bridgehead atoms. The molecule has 0 saturated carbocycles. The lowest BCUT2D eigenvalue weighted by Crippen LogP contribution is -2.21. The van der Waals surface area contributed by atoms with Crippen molar-refractivity contribution in [3.05, 3.63) is 42.0 Å². The quantitative estimate of drug-likeness (QED) is 0.588. The predicted molar refractivity (Wildman–Crippen MR) is 56.1 cm³/mol. The number of cyclic esters (lactones) is 2. The van der Waals surface area contributed by atoms with Crippen molar-refractivity contribution in [3.63, 3.8) is 0 Å². The second-order valence-electron chi connectivity index (χ2n) is 3.48. The van der Waals surface area contributed by atoms with Crippen LogP contribution in [-0.2, 0) is 14.3 Å². The van der Waals surface area contributed by atoms with Crippen LogP contribution in [0.1, 0.15) is 5.56 Å². The Labute approximate surface area is 92.2 Å². The fraction of sp³-hybridized carbons (Fsp3) is 0.167. The molecule has 1 fully saturated rings. The number of aliphatic hydroxyl groups is 1. The summed E-state index contributed by atoms with van der Waals surface area (Å²) in [6, 6.07) is 9.29. The SMILES string of the molecule is O=C1OC(=O)C(C=Cc2ccccc2)C1O. The third-order valence-corrected chi connectivity index (χ3v) is 2.35. The number of esters is 2. The normalized spacial score (nSPS) is 25.1. The highest BCUT2D eigenvalue weighted by molar-refractivity contribution is 5.99. The van der Waals surface area contributed by atoms with Gasteiger partial charge in [-0.25, -0.2) is 4.79 Å². The minimum Gasteiger partial charge on any atom is -0.391 e. The van der Waals surface area contributed by atoms with Crippen molar-refractivity contribution in [1.82, 2.24) is 0 Å². The lowest BCUT2D eigenvalue weighted by Gasteiger charge is -2.01. The number of hydrogen-bond acceptors (Lipinski definition) is 4. The molecule has 1 aliphatic heterocycles. The Bertz CT molecular complexity index is 436. The van der Waals surface area contributed by atoms with Crippen molar-refractivity contribution in [2.24, 2.45) is 5.92 Å². The highest BCUT2D eigenvalue weighted by Crippen LogP contribution is 2.19. The van der Waals surface area contributed by atoms with E-state index in [1.807, 2.05) is 30.3 Å². The Balaban J connectivity index is 2.13. The molecule has 0 radical (unpaired) electrons. The predicted octanol–water partition coefficient (Wildman–Crippen LogP) is 0.760. The summed E-state index contributed by atoms with van der Waals surface area (Å²) in [6.07, 6.45) is 1.77. The largest absolute Gasteiger partial charge is 0.391 e. The molecule has 2 atom stereocenters. The molecule has 4 nitrogen and oxygen atoms in total. The van der Waals surface area contributed by atoms with Gasteiger partial charge >= 0.3 is 11.9 Å². The first-order chi connectivity index (χ1) is 7.68. The summed E-state index contributed by atoms with van der Waals surface area (Å²) in [7, 11) is 0. The summed E-state index contributed by atoms with van der Waals surface area (Å²) in [5, 5.41) is 9.36. The molecular formula is C12H10O4. The average molecular weight is 218 g/mol. The number of carbonyl (C=O) groups is 2. The van der Waals surface area contributed by atoms with Crippen LogP contribution in [0.5, 0.6) is 0 Å². The fourth-order valence-electron chi connectivity index (χ4n) is 1.47. The minimum absolute atomic E-state index is 0.704. The van der Waals surface area contributed by atoms with Gasteiger partial charge in [0.05, 0.1) is 0 Å². The molecule has 1 aliphatic rings. The van der Waals surface area contributed by atoms with E-state index in [2.05, 4.69) is 4.74 Å². The van der Waals surface area contributed by atoms with Crippen molar-refractivity contribution >= 4 is 18.0 Å². The Morgan fingerprint density at radius 2 is 1.81 bits per heavy atom. The van der Waals surface area contributed by atoms with Gasteiger partial charge in [0.1, 0.15) is 5.92 Å². The second-order valence-corrected chi connectivity index (χ2v) is 3.48. The number of hydrogen-bond donors (Lipinski definition) is 1. The number of rotatable bonds is 2. The van der Waals surface area contributed by atoms with Gasteiger partial charge in [-0.1, -0.05) is 42.5 Å². The third-order valence-electron chi connectivity index (χ3n) is 2.35. The van der Waals surface area contributed by atoms with Crippen molar-refractivity contribution in [2.75, 3.05) is 0 Å². The van der Waals surface area contributed by atoms with Gasteiger partial charge in [-0.2, -0.15) is 0 Å². The van der Waals surface area contributed by atoms with Crippen LogP contribution in [0.4, 0.5) is 0 Å². The van der Waals surface area contributed by atoms with E-state index in [1.165, 1.54) is 6.08 Å². The molecule has 0 spiro atoms. The van der Waals surface area contributed by atoms with Gasteiger partial charge in [0.15, 0.2) is 6.10 Å². The van der Waals surface area contributed by atoms with E-state index in [-0.39, 0.29) is 0 Å². The Kier molecular flexibility index (Phi) is 2.83. The van der Waals surface area contributed by atoms with Crippen molar-refractivity contribution in [3.8, 4) is 0 Å². The fourth-order valence-corrected chi connectivity index (χ4v) is 1.47. The number of ether oxygens (including phenoxy) is 1. The summed E-state index contributed by atoms with van der Waals surface area (Å²) in [6.45, 7) is 0. The summed E-state index contributed by atoms with van der Waals surface area (Å²) >= 11 is 0. The van der Waals surface area contributed by atoms with Crippen LogP contribution in [-0.4, -0.2) is 23.1 Å². The van der Waals surface area contributed by atoms with Crippen LogP contribution < -0.4 is 0 Å². The molecular weight excluding hydrogens is 208 g/mol. The first-order valence-electron chi connectivity index (χ1n) is 4.85. The van der Waals surface area contributed by atoms with Gasteiger partial charge < -0.3 is 9.84 Å². The molecule has 2 unspecified atom stereocenters. The maximum absolute atomic E-state index is 11.2. The van der Waals surface area contributed by atoms with Crippen LogP contribution in [0, 0.1) is 5.92 Å². The highest BCUT2D eigenvalue weighted by atomic mass is 16.6. The zero-order valence-electron chi connectivity index (χ0n) is 8.37. The van der Waals surface area contributed by atoms with Gasteiger partial charge in [-0.15, -0.1) is 0 Å². The molecule has 2 rings (SSSR count).